The second-order valence-corrected chi connectivity index (χ2v) is 1.82. The van der Waals surface area contributed by atoms with E-state index in [1.165, 1.54) is 6.39 Å². The van der Waals surface area contributed by atoms with Gasteiger partial charge in [0.1, 0.15) is 0 Å². The Morgan fingerprint density at radius 1 is 1.30 bits per heavy atom. The first-order chi connectivity index (χ1) is 4.97. The van der Waals surface area contributed by atoms with Gasteiger partial charge in [0, 0.05) is 12.4 Å². The second kappa shape index (κ2) is 1.98. The molecule has 0 atom stereocenters. The van der Waals surface area contributed by atoms with Gasteiger partial charge in [-0.3, -0.25) is 4.57 Å². The Balaban J connectivity index is 2.48. The highest BCUT2D eigenvalue weighted by Crippen LogP contribution is 1.98. The van der Waals surface area contributed by atoms with Gasteiger partial charge in [0.15, 0.2) is 0 Å². The van der Waals surface area contributed by atoms with Gasteiger partial charge in [-0.1, -0.05) is 0 Å². The van der Waals surface area contributed by atoms with Crippen LogP contribution in [-0.2, 0) is 0 Å². The largest absolute Gasteiger partial charge is 0.341 e. The third-order valence-corrected chi connectivity index (χ3v) is 1.19. The summed E-state index contributed by atoms with van der Waals surface area (Å²) in [6, 6.07) is 3.80. The van der Waals surface area contributed by atoms with Crippen molar-refractivity contribution >= 4 is 0 Å². The third-order valence-electron chi connectivity index (χ3n) is 1.19. The predicted molar refractivity (Wildman–Crippen MR) is 33.6 cm³/mol. The van der Waals surface area contributed by atoms with Crippen LogP contribution >= 0.6 is 0 Å². The Kier molecular flexibility index (Phi) is 1.04. The molecule has 2 rings (SSSR count). The van der Waals surface area contributed by atoms with Crippen molar-refractivity contribution in [3.8, 4) is 5.95 Å². The van der Waals surface area contributed by atoms with Crippen LogP contribution in [0.3, 0.4) is 0 Å². The van der Waals surface area contributed by atoms with Gasteiger partial charge in [-0.2, -0.15) is 4.98 Å². The van der Waals surface area contributed by atoms with Crippen LogP contribution in [0, 0.1) is 0 Å². The average molecular weight is 135 g/mol. The normalized spacial score (nSPS) is 10.0. The summed E-state index contributed by atoms with van der Waals surface area (Å²) in [7, 11) is 0. The zero-order valence-corrected chi connectivity index (χ0v) is 5.14. The van der Waals surface area contributed by atoms with E-state index in [4.69, 9.17) is 0 Å². The summed E-state index contributed by atoms with van der Waals surface area (Å²) in [6.45, 7) is 0. The van der Waals surface area contributed by atoms with Crippen molar-refractivity contribution in [1.29, 1.82) is 0 Å². The molecule has 2 aromatic rings. The van der Waals surface area contributed by atoms with Gasteiger partial charge in [-0.05, 0) is 17.3 Å². The Bertz CT molecular complexity index is 252. The van der Waals surface area contributed by atoms with E-state index < -0.39 is 0 Å². The molecule has 0 spiro atoms. The van der Waals surface area contributed by atoms with E-state index in [0.29, 0.717) is 5.95 Å². The molecule has 50 valence electrons. The smallest absolute Gasteiger partial charge is 0.273 e. The number of aromatic nitrogens is 3. The van der Waals surface area contributed by atoms with Gasteiger partial charge in [-0.15, -0.1) is 0 Å². The van der Waals surface area contributed by atoms with Crippen molar-refractivity contribution in [2.75, 3.05) is 0 Å². The van der Waals surface area contributed by atoms with Crippen LogP contribution in [0.15, 0.2) is 35.4 Å². The number of nitrogens with zero attached hydrogens (tertiary/aromatic N) is 3. The fraction of sp³-hybridized carbons (Fsp3) is 0. The van der Waals surface area contributed by atoms with Crippen LogP contribution in [0.2, 0.25) is 0 Å². The molecule has 0 aliphatic rings. The van der Waals surface area contributed by atoms with Crippen LogP contribution in [0.25, 0.3) is 5.95 Å². The summed E-state index contributed by atoms with van der Waals surface area (Å²) in [5.41, 5.74) is 0. The fourth-order valence-electron chi connectivity index (χ4n) is 0.747. The van der Waals surface area contributed by atoms with E-state index in [-0.39, 0.29) is 0 Å². The molecule has 0 fully saturated rings. The van der Waals surface area contributed by atoms with Gasteiger partial charge in [0.05, 0.1) is 0 Å². The number of rotatable bonds is 1. The Morgan fingerprint density at radius 3 is 2.70 bits per heavy atom. The minimum Gasteiger partial charge on any atom is -0.341 e. The van der Waals surface area contributed by atoms with Crippen LogP contribution in [0.5, 0.6) is 0 Å². The molecule has 0 N–H and O–H groups in total. The lowest BCUT2D eigenvalue weighted by molar-refractivity contribution is 0.414. The second-order valence-electron chi connectivity index (χ2n) is 1.82. The molecule has 0 saturated heterocycles. The van der Waals surface area contributed by atoms with E-state index >= 15 is 0 Å². The lowest BCUT2D eigenvalue weighted by Gasteiger charge is -1.88. The van der Waals surface area contributed by atoms with E-state index in [0.717, 1.165) is 0 Å². The summed E-state index contributed by atoms with van der Waals surface area (Å²) >= 11 is 0. The molecule has 0 saturated carbocycles. The van der Waals surface area contributed by atoms with Crippen molar-refractivity contribution in [2.45, 2.75) is 0 Å². The van der Waals surface area contributed by atoms with Crippen molar-refractivity contribution in [3.05, 3.63) is 30.9 Å². The van der Waals surface area contributed by atoms with Crippen molar-refractivity contribution in [2.24, 2.45) is 0 Å². The van der Waals surface area contributed by atoms with Crippen LogP contribution in [0.1, 0.15) is 0 Å². The molecule has 0 aliphatic carbocycles. The fourth-order valence-corrected chi connectivity index (χ4v) is 0.747. The van der Waals surface area contributed by atoms with E-state index in [1.54, 1.807) is 4.57 Å². The maximum Gasteiger partial charge on any atom is 0.273 e. The van der Waals surface area contributed by atoms with Crippen molar-refractivity contribution in [3.63, 3.8) is 0 Å². The molecular weight excluding hydrogens is 130 g/mol. The van der Waals surface area contributed by atoms with E-state index in [2.05, 4.69) is 14.7 Å². The highest BCUT2D eigenvalue weighted by atomic mass is 16.5. The molecule has 0 unspecified atom stereocenters. The monoisotopic (exact) mass is 135 g/mol. The minimum atomic E-state index is 0.560. The highest BCUT2D eigenvalue weighted by molar-refractivity contribution is 5.09. The summed E-state index contributed by atoms with van der Waals surface area (Å²) in [6.07, 6.45) is 5.01. The van der Waals surface area contributed by atoms with Crippen molar-refractivity contribution in [1.82, 2.24) is 14.7 Å². The lowest BCUT2D eigenvalue weighted by Crippen LogP contribution is -1.90. The minimum absolute atomic E-state index is 0.560. The predicted octanol–water partition coefficient (Wildman–Crippen LogP) is 0.860. The van der Waals surface area contributed by atoms with Gasteiger partial charge in [0.25, 0.3) is 5.95 Å². The maximum absolute atomic E-state index is 4.56. The van der Waals surface area contributed by atoms with E-state index in [1.807, 2.05) is 24.5 Å². The summed E-state index contributed by atoms with van der Waals surface area (Å²) in [5, 5.41) is 3.64. The van der Waals surface area contributed by atoms with Gasteiger partial charge < -0.3 is 4.52 Å². The number of hydrogen-bond donors (Lipinski definition) is 0. The summed E-state index contributed by atoms with van der Waals surface area (Å²) in [4.78, 5) is 3.84. The van der Waals surface area contributed by atoms with E-state index in [9.17, 15) is 0 Å². The van der Waals surface area contributed by atoms with Crippen LogP contribution in [-0.4, -0.2) is 14.7 Å². The quantitative estimate of drug-likeness (QED) is 0.582. The molecule has 10 heavy (non-hydrogen) atoms. The molecule has 0 bridgehead atoms. The third kappa shape index (κ3) is 0.699. The SMILES string of the molecule is c1ccn(-c2ncon2)c1. The molecule has 0 aromatic carbocycles. The van der Waals surface area contributed by atoms with Gasteiger partial charge in [-0.25, -0.2) is 0 Å². The first-order valence-corrected chi connectivity index (χ1v) is 2.86. The maximum atomic E-state index is 4.56. The molecule has 2 aromatic heterocycles. The average Bonchev–Trinajstić information content (AvgIpc) is 2.59. The van der Waals surface area contributed by atoms with Crippen molar-refractivity contribution < 1.29 is 4.52 Å². The Hall–Kier alpha value is -1.58. The highest BCUT2D eigenvalue weighted by Gasteiger charge is 1.96. The topological polar surface area (TPSA) is 43.9 Å². The molecule has 0 amide bonds. The lowest BCUT2D eigenvalue weighted by atomic mass is 10.7. The standard InChI is InChI=1S/C6H5N3O/c1-2-4-9(3-1)6-7-5-10-8-6/h1-5H. The summed E-state index contributed by atoms with van der Waals surface area (Å²) < 4.78 is 6.32. The molecule has 4 heteroatoms. The van der Waals surface area contributed by atoms with Gasteiger partial charge >= 0.3 is 0 Å². The first-order valence-electron chi connectivity index (χ1n) is 2.86. The molecular formula is C6H5N3O. The molecule has 0 aliphatic heterocycles. The Labute approximate surface area is 57.1 Å². The Morgan fingerprint density at radius 2 is 2.10 bits per heavy atom. The van der Waals surface area contributed by atoms with Gasteiger partial charge in [0.2, 0.25) is 6.39 Å². The zero-order chi connectivity index (χ0) is 6.81. The summed E-state index contributed by atoms with van der Waals surface area (Å²) in [5.74, 6) is 0.560. The molecule has 4 nitrogen and oxygen atoms in total. The van der Waals surface area contributed by atoms with Crippen LogP contribution < -0.4 is 0 Å². The molecule has 0 radical (unpaired) electrons. The molecule has 2 heterocycles. The zero-order valence-electron chi connectivity index (χ0n) is 5.14. The first kappa shape index (κ1) is 5.22. The van der Waals surface area contributed by atoms with Crippen LogP contribution in [0.4, 0.5) is 0 Å². The number of hydrogen-bond acceptors (Lipinski definition) is 3.